The average molecular weight is 906 g/mol. The van der Waals surface area contributed by atoms with Crippen LogP contribution in [0.25, 0.3) is 10.8 Å². The Hall–Kier alpha value is -6.69. The number of phosphoric ester groups is 1. The number of nitrogens with one attached hydrogen (secondary N) is 2. The number of methoxy groups -OCH3 is 1. The van der Waals surface area contributed by atoms with Crippen LogP contribution in [-0.4, -0.2) is 37.4 Å². The third-order valence-corrected chi connectivity index (χ3v) is 13.6. The quantitative estimate of drug-likeness (QED) is 0.0808. The Labute approximate surface area is 382 Å². The summed E-state index contributed by atoms with van der Waals surface area (Å²) in [6.07, 6.45) is 0.391. The maximum absolute atomic E-state index is 14.9. The number of ether oxygens (including phenoxy) is 1. The molecule has 0 aromatic heterocycles. The van der Waals surface area contributed by atoms with Gasteiger partial charge in [-0.1, -0.05) is 140 Å². The monoisotopic (exact) mass is 905 g/mol. The van der Waals surface area contributed by atoms with Crippen LogP contribution < -0.4 is 24.8 Å². The molecule has 1 aliphatic heterocycles. The molecule has 3 amide bonds. The molecule has 8 rings (SSSR count). The lowest BCUT2D eigenvalue weighted by molar-refractivity contribution is -0.128. The van der Waals surface area contributed by atoms with Crippen molar-refractivity contribution in [1.82, 2.24) is 10.6 Å². The molecule has 0 aliphatic carbocycles. The highest BCUT2D eigenvalue weighted by Gasteiger charge is 2.40. The van der Waals surface area contributed by atoms with Crippen LogP contribution in [0.3, 0.4) is 0 Å². The summed E-state index contributed by atoms with van der Waals surface area (Å²) in [5.74, 6) is -0.169. The lowest BCUT2D eigenvalue weighted by Gasteiger charge is -2.28. The highest BCUT2D eigenvalue weighted by Crippen LogP contribution is 2.51. The second kappa shape index (κ2) is 21.3. The van der Waals surface area contributed by atoms with E-state index in [-0.39, 0.29) is 50.3 Å². The molecule has 2 N–H and O–H groups in total. The minimum atomic E-state index is -4.08. The molecule has 0 spiro atoms. The summed E-state index contributed by atoms with van der Waals surface area (Å²) in [6, 6.07) is 53.4. The second-order valence-electron chi connectivity index (χ2n) is 15.4. The Morgan fingerprint density at radius 3 is 1.97 bits per heavy atom. The van der Waals surface area contributed by atoms with Gasteiger partial charge in [0.15, 0.2) is 0 Å². The van der Waals surface area contributed by atoms with Crippen molar-refractivity contribution >= 4 is 53.8 Å². The number of amides is 3. The molecule has 2 atom stereocenters. The van der Waals surface area contributed by atoms with Crippen molar-refractivity contribution in [1.29, 1.82) is 0 Å². The molecular weight excluding hydrogens is 858 g/mol. The molecule has 0 bridgehead atoms. The number of hydrogen-bond acceptors (Lipinski definition) is 9. The van der Waals surface area contributed by atoms with Crippen LogP contribution in [0.1, 0.15) is 39.5 Å². The Kier molecular flexibility index (Phi) is 14.7. The van der Waals surface area contributed by atoms with Gasteiger partial charge in [-0.25, -0.2) is 4.57 Å². The van der Waals surface area contributed by atoms with Crippen LogP contribution in [0.15, 0.2) is 181 Å². The molecule has 7 aromatic carbocycles. The number of nitrogens with zero attached hydrogens (tertiary/aromatic N) is 1. The standard InChI is InChI=1S/C52H48N3O8PS/c1-60-43-30-26-41(27-31-43)51-50(52(58)55(46-21-10-11-22-47(46)65-51)34-49(57)53-33-42-19-12-18-40-17-8-9-20-45(40)42)54-48(56)32-25-37-23-28-44(29-24-37)63-64(59,61-35-38-13-4-2-5-14-38)62-36-39-15-6-3-7-16-39/h2-24,26-31,50-51H,25,32-36H2,1H3,(H,53,57)(H,54,56). The molecule has 0 saturated carbocycles. The van der Waals surface area contributed by atoms with E-state index in [1.54, 1.807) is 31.4 Å². The summed E-state index contributed by atoms with van der Waals surface area (Å²) < 4.78 is 36.8. The van der Waals surface area contributed by atoms with E-state index in [1.807, 2.05) is 152 Å². The summed E-state index contributed by atoms with van der Waals surface area (Å²) >= 11 is 1.46. The van der Waals surface area contributed by atoms with Gasteiger partial charge in [-0.05, 0) is 81.4 Å². The van der Waals surface area contributed by atoms with Crippen LogP contribution in [0, 0.1) is 0 Å². The van der Waals surface area contributed by atoms with E-state index in [0.29, 0.717) is 17.9 Å². The fourth-order valence-corrected chi connectivity index (χ4v) is 10.0. The van der Waals surface area contributed by atoms with Gasteiger partial charge >= 0.3 is 7.82 Å². The molecule has 0 radical (unpaired) electrons. The minimum absolute atomic E-state index is 0.0182. The number of thioether (sulfide) groups is 1. The number of hydrogen-bond donors (Lipinski definition) is 2. The second-order valence-corrected chi connectivity index (χ2v) is 18.1. The molecular formula is C52H48N3O8PS. The van der Waals surface area contributed by atoms with Gasteiger partial charge in [0.2, 0.25) is 11.8 Å². The van der Waals surface area contributed by atoms with Crippen LogP contribution in [0.2, 0.25) is 0 Å². The largest absolute Gasteiger partial charge is 0.530 e. The molecule has 0 saturated heterocycles. The zero-order valence-corrected chi connectivity index (χ0v) is 37.4. The number of anilines is 1. The average Bonchev–Trinajstić information content (AvgIpc) is 3.46. The highest BCUT2D eigenvalue weighted by atomic mass is 32.2. The lowest BCUT2D eigenvalue weighted by Crippen LogP contribution is -2.52. The maximum atomic E-state index is 14.9. The number of carbonyl (C=O) groups is 3. The minimum Gasteiger partial charge on any atom is -0.497 e. The normalized spacial score (nSPS) is 14.8. The van der Waals surface area contributed by atoms with Gasteiger partial charge in [-0.3, -0.25) is 23.4 Å². The molecule has 11 nitrogen and oxygen atoms in total. The molecule has 1 aliphatic rings. The van der Waals surface area contributed by atoms with Gasteiger partial charge in [0, 0.05) is 17.9 Å². The third-order valence-electron chi connectivity index (χ3n) is 10.9. The van der Waals surface area contributed by atoms with Crippen molar-refractivity contribution in [3.8, 4) is 11.5 Å². The fourth-order valence-electron chi connectivity index (χ4n) is 7.49. The van der Waals surface area contributed by atoms with E-state index in [1.165, 1.54) is 16.7 Å². The third kappa shape index (κ3) is 11.7. The first-order chi connectivity index (χ1) is 31.7. The molecule has 7 aromatic rings. The number of fused-ring (bicyclic) bond motifs is 2. The Balaban J connectivity index is 0.963. The first-order valence-corrected chi connectivity index (χ1v) is 23.6. The molecule has 330 valence electrons. The van der Waals surface area contributed by atoms with E-state index in [9.17, 15) is 18.9 Å². The van der Waals surface area contributed by atoms with Crippen LogP contribution in [-0.2, 0) is 54.2 Å². The number of phosphoric acid groups is 1. The summed E-state index contributed by atoms with van der Waals surface area (Å²) in [4.78, 5) is 44.8. The Morgan fingerprint density at radius 2 is 1.28 bits per heavy atom. The van der Waals surface area contributed by atoms with Crippen molar-refractivity contribution in [2.75, 3.05) is 18.6 Å². The van der Waals surface area contributed by atoms with Crippen molar-refractivity contribution in [2.24, 2.45) is 0 Å². The van der Waals surface area contributed by atoms with E-state index in [4.69, 9.17) is 18.3 Å². The van der Waals surface area contributed by atoms with Gasteiger partial charge in [0.1, 0.15) is 24.1 Å². The number of para-hydroxylation sites is 1. The van der Waals surface area contributed by atoms with Gasteiger partial charge in [0.05, 0.1) is 31.3 Å². The van der Waals surface area contributed by atoms with Crippen molar-refractivity contribution in [3.63, 3.8) is 0 Å². The molecule has 13 heteroatoms. The Morgan fingerprint density at radius 1 is 0.662 bits per heavy atom. The SMILES string of the molecule is COc1ccc(C2Sc3ccccc3N(CC(=O)NCc3cccc4ccccc34)C(=O)C2NC(=O)CCc2ccc(OP(=O)(OCc3ccccc3)OCc3ccccc3)cc2)cc1. The predicted octanol–water partition coefficient (Wildman–Crippen LogP) is 10.4. The van der Waals surface area contributed by atoms with Crippen molar-refractivity contribution in [3.05, 3.63) is 204 Å². The number of aryl methyl sites for hydroxylation is 1. The van der Waals surface area contributed by atoms with Gasteiger partial charge in [0.25, 0.3) is 5.91 Å². The summed E-state index contributed by atoms with van der Waals surface area (Å²) in [5.41, 5.74) is 4.78. The first-order valence-electron chi connectivity index (χ1n) is 21.2. The molecule has 2 unspecified atom stereocenters. The number of benzene rings is 7. The molecule has 65 heavy (non-hydrogen) atoms. The molecule has 0 fully saturated rings. The van der Waals surface area contributed by atoms with Crippen LogP contribution in [0.4, 0.5) is 5.69 Å². The van der Waals surface area contributed by atoms with Crippen molar-refractivity contribution < 1.29 is 37.3 Å². The number of carbonyl (C=O) groups excluding carboxylic acids is 3. The number of rotatable bonds is 18. The smallest absolute Gasteiger partial charge is 0.497 e. The summed E-state index contributed by atoms with van der Waals surface area (Å²) in [7, 11) is -2.49. The lowest BCUT2D eigenvalue weighted by atomic mass is 10.0. The van der Waals surface area contributed by atoms with E-state index in [0.717, 1.165) is 43.5 Å². The zero-order chi connectivity index (χ0) is 45.0. The van der Waals surface area contributed by atoms with Gasteiger partial charge in [-0.2, -0.15) is 0 Å². The molecule has 1 heterocycles. The van der Waals surface area contributed by atoms with Gasteiger partial charge in [-0.15, -0.1) is 11.8 Å². The van der Waals surface area contributed by atoms with Gasteiger partial charge < -0.3 is 24.8 Å². The topological polar surface area (TPSA) is 133 Å². The summed E-state index contributed by atoms with van der Waals surface area (Å²) in [6.45, 7) is 0.0668. The van der Waals surface area contributed by atoms with Crippen LogP contribution >= 0.6 is 19.6 Å². The Bertz CT molecular complexity index is 2720. The highest BCUT2D eigenvalue weighted by molar-refractivity contribution is 7.99. The predicted molar refractivity (Wildman–Crippen MR) is 254 cm³/mol. The van der Waals surface area contributed by atoms with E-state index in [2.05, 4.69) is 10.6 Å². The maximum Gasteiger partial charge on any atom is 0.530 e. The van der Waals surface area contributed by atoms with E-state index < -0.39 is 25.0 Å². The first kappa shape index (κ1) is 44.9. The van der Waals surface area contributed by atoms with Crippen molar-refractivity contribution in [2.45, 2.75) is 48.8 Å². The van der Waals surface area contributed by atoms with Crippen LogP contribution in [0.5, 0.6) is 11.5 Å². The zero-order valence-electron chi connectivity index (χ0n) is 35.7. The van der Waals surface area contributed by atoms with E-state index >= 15 is 0 Å². The summed E-state index contributed by atoms with van der Waals surface area (Å²) in [5, 5.41) is 7.65. The fraction of sp³-hybridized carbons (Fsp3) is 0.173.